The Morgan fingerprint density at radius 2 is 2.23 bits per heavy atom. The summed E-state index contributed by atoms with van der Waals surface area (Å²) in [4.78, 5) is 3.08. The average molecular weight is 173 g/mol. The molecule has 0 saturated heterocycles. The van der Waals surface area contributed by atoms with Gasteiger partial charge in [-0.15, -0.1) is 0 Å². The van der Waals surface area contributed by atoms with Gasteiger partial charge in [-0.3, -0.25) is 5.41 Å². The van der Waals surface area contributed by atoms with E-state index in [1.54, 1.807) is 6.20 Å². The topological polar surface area (TPSA) is 65.7 Å². The molecule has 2 rings (SSSR count). The highest BCUT2D eigenvalue weighted by molar-refractivity contribution is 6.07. The number of hydrogen-bond acceptors (Lipinski definition) is 1. The number of aromatic nitrogens is 1. The van der Waals surface area contributed by atoms with E-state index >= 15 is 0 Å². The lowest BCUT2D eigenvalue weighted by Gasteiger charge is -1.96. The van der Waals surface area contributed by atoms with Crippen LogP contribution in [0, 0.1) is 12.3 Å². The molecular weight excluding hydrogens is 162 g/mol. The van der Waals surface area contributed by atoms with E-state index in [0.717, 1.165) is 16.5 Å². The third kappa shape index (κ3) is 1.18. The number of fused-ring (bicyclic) bond motifs is 1. The Hall–Kier alpha value is -1.77. The van der Waals surface area contributed by atoms with Crippen LogP contribution in [-0.4, -0.2) is 10.8 Å². The molecule has 0 saturated carbocycles. The van der Waals surface area contributed by atoms with Crippen molar-refractivity contribution in [1.82, 2.24) is 4.98 Å². The molecule has 4 N–H and O–H groups in total. The fourth-order valence-corrected chi connectivity index (χ4v) is 1.46. The molecule has 0 fully saturated rings. The maximum atomic E-state index is 7.36. The van der Waals surface area contributed by atoms with Crippen LogP contribution in [-0.2, 0) is 0 Å². The second-order valence-electron chi connectivity index (χ2n) is 3.17. The van der Waals surface area contributed by atoms with E-state index in [1.807, 2.05) is 25.1 Å². The lowest BCUT2D eigenvalue weighted by molar-refractivity contribution is 1.41. The number of H-pyrrole nitrogens is 1. The second kappa shape index (κ2) is 2.62. The van der Waals surface area contributed by atoms with Gasteiger partial charge in [0.2, 0.25) is 0 Å². The molecule has 1 aromatic carbocycles. The van der Waals surface area contributed by atoms with Gasteiger partial charge in [0.25, 0.3) is 0 Å². The Morgan fingerprint density at radius 3 is 2.92 bits per heavy atom. The highest BCUT2D eigenvalue weighted by Crippen LogP contribution is 2.18. The number of nitrogen functional groups attached to an aromatic ring is 1. The van der Waals surface area contributed by atoms with Crippen LogP contribution in [0.15, 0.2) is 24.4 Å². The predicted octanol–water partition coefficient (Wildman–Crippen LogP) is 1.76. The van der Waals surface area contributed by atoms with Gasteiger partial charge in [-0.2, -0.15) is 0 Å². The fraction of sp³-hybridized carbons (Fsp3) is 0.100. The lowest BCUT2D eigenvalue weighted by atomic mass is 10.1. The average Bonchev–Trinajstić information content (AvgIpc) is 2.46. The zero-order valence-electron chi connectivity index (χ0n) is 7.39. The molecule has 2 aromatic rings. The Labute approximate surface area is 76.1 Å². The molecule has 0 radical (unpaired) electrons. The Balaban J connectivity index is 2.79. The number of benzene rings is 1. The molecule has 0 aliphatic carbocycles. The quantitative estimate of drug-likeness (QED) is 0.446. The molecule has 66 valence electrons. The van der Waals surface area contributed by atoms with Crippen LogP contribution < -0.4 is 5.73 Å². The summed E-state index contributed by atoms with van der Waals surface area (Å²) in [6.45, 7) is 2.02. The summed E-state index contributed by atoms with van der Waals surface area (Å²) in [6.07, 6.45) is 1.77. The van der Waals surface area contributed by atoms with Crippen LogP contribution in [0.25, 0.3) is 10.9 Å². The Kier molecular flexibility index (Phi) is 1.59. The summed E-state index contributed by atoms with van der Waals surface area (Å²) in [5.74, 6) is 0.108. The molecule has 0 aliphatic rings. The van der Waals surface area contributed by atoms with Gasteiger partial charge in [-0.25, -0.2) is 0 Å². The van der Waals surface area contributed by atoms with Crippen molar-refractivity contribution in [3.05, 3.63) is 35.5 Å². The first-order valence-electron chi connectivity index (χ1n) is 4.10. The smallest absolute Gasteiger partial charge is 0.124 e. The van der Waals surface area contributed by atoms with Crippen LogP contribution in [0.5, 0.6) is 0 Å². The van der Waals surface area contributed by atoms with Crippen molar-refractivity contribution in [2.75, 3.05) is 0 Å². The van der Waals surface area contributed by atoms with Crippen LogP contribution in [0.2, 0.25) is 0 Å². The van der Waals surface area contributed by atoms with Crippen molar-refractivity contribution in [3.8, 4) is 0 Å². The van der Waals surface area contributed by atoms with E-state index in [2.05, 4.69) is 4.98 Å². The van der Waals surface area contributed by atoms with Crippen molar-refractivity contribution < 1.29 is 0 Å². The number of nitrogens with one attached hydrogen (secondary N) is 2. The molecule has 1 heterocycles. The van der Waals surface area contributed by atoms with Crippen molar-refractivity contribution in [2.24, 2.45) is 5.73 Å². The van der Waals surface area contributed by atoms with Crippen molar-refractivity contribution in [2.45, 2.75) is 6.92 Å². The van der Waals surface area contributed by atoms with E-state index in [-0.39, 0.29) is 5.84 Å². The highest BCUT2D eigenvalue weighted by Gasteiger charge is 2.04. The largest absolute Gasteiger partial charge is 0.384 e. The van der Waals surface area contributed by atoms with Crippen molar-refractivity contribution >= 4 is 16.7 Å². The minimum atomic E-state index is 0.108. The summed E-state index contributed by atoms with van der Waals surface area (Å²) in [6, 6.07) is 6.06. The Morgan fingerprint density at radius 1 is 1.46 bits per heavy atom. The summed E-state index contributed by atoms with van der Waals surface area (Å²) >= 11 is 0. The van der Waals surface area contributed by atoms with Gasteiger partial charge in [-0.1, -0.05) is 11.6 Å². The maximum absolute atomic E-state index is 7.36. The van der Waals surface area contributed by atoms with Gasteiger partial charge in [0, 0.05) is 22.7 Å². The summed E-state index contributed by atoms with van der Waals surface area (Å²) in [5, 5.41) is 8.38. The van der Waals surface area contributed by atoms with E-state index in [4.69, 9.17) is 11.1 Å². The summed E-state index contributed by atoms with van der Waals surface area (Å²) in [5.41, 5.74) is 8.41. The monoisotopic (exact) mass is 173 g/mol. The maximum Gasteiger partial charge on any atom is 0.124 e. The molecule has 3 heteroatoms. The first kappa shape index (κ1) is 7.86. The summed E-state index contributed by atoms with van der Waals surface area (Å²) in [7, 11) is 0. The number of aromatic amines is 1. The van der Waals surface area contributed by atoms with Crippen molar-refractivity contribution in [3.63, 3.8) is 0 Å². The first-order chi connectivity index (χ1) is 6.18. The molecule has 0 unspecified atom stereocenters. The zero-order chi connectivity index (χ0) is 9.42. The number of rotatable bonds is 1. The second-order valence-corrected chi connectivity index (χ2v) is 3.17. The van der Waals surface area contributed by atoms with Gasteiger partial charge < -0.3 is 10.7 Å². The molecule has 0 amide bonds. The Bertz CT molecular complexity index is 468. The zero-order valence-corrected chi connectivity index (χ0v) is 7.39. The number of nitrogens with two attached hydrogens (primary N) is 1. The van der Waals surface area contributed by atoms with Crippen LogP contribution in [0.1, 0.15) is 11.1 Å². The first-order valence-corrected chi connectivity index (χ1v) is 4.10. The minimum Gasteiger partial charge on any atom is -0.384 e. The molecule has 0 atom stereocenters. The van der Waals surface area contributed by atoms with Gasteiger partial charge in [0.1, 0.15) is 5.84 Å². The molecule has 0 bridgehead atoms. The predicted molar refractivity (Wildman–Crippen MR) is 54.1 cm³/mol. The van der Waals surface area contributed by atoms with Gasteiger partial charge in [0.15, 0.2) is 0 Å². The molecule has 13 heavy (non-hydrogen) atoms. The SMILES string of the molecule is Cc1ccc2[nH]cc(C(=N)N)c2c1. The van der Waals surface area contributed by atoms with Gasteiger partial charge in [-0.05, 0) is 19.1 Å². The van der Waals surface area contributed by atoms with E-state index in [1.165, 1.54) is 5.56 Å². The third-order valence-electron chi connectivity index (χ3n) is 2.13. The van der Waals surface area contributed by atoms with E-state index in [0.29, 0.717) is 0 Å². The molecule has 0 aliphatic heterocycles. The van der Waals surface area contributed by atoms with Crippen LogP contribution in [0.4, 0.5) is 0 Å². The van der Waals surface area contributed by atoms with Crippen LogP contribution >= 0.6 is 0 Å². The minimum absolute atomic E-state index is 0.108. The highest BCUT2D eigenvalue weighted by atomic mass is 14.7. The third-order valence-corrected chi connectivity index (χ3v) is 2.13. The number of aryl methyl sites for hydroxylation is 1. The van der Waals surface area contributed by atoms with Gasteiger partial charge in [0.05, 0.1) is 0 Å². The van der Waals surface area contributed by atoms with Crippen molar-refractivity contribution in [1.29, 1.82) is 5.41 Å². The van der Waals surface area contributed by atoms with E-state index in [9.17, 15) is 0 Å². The molecule has 1 aromatic heterocycles. The van der Waals surface area contributed by atoms with Gasteiger partial charge >= 0.3 is 0 Å². The normalized spacial score (nSPS) is 10.5. The number of amidine groups is 1. The fourth-order valence-electron chi connectivity index (χ4n) is 1.46. The molecule has 3 nitrogen and oxygen atoms in total. The lowest BCUT2D eigenvalue weighted by Crippen LogP contribution is -2.09. The standard InChI is InChI=1S/C10H11N3/c1-6-2-3-9-7(4-6)8(5-13-9)10(11)12/h2-5,13H,1H3,(H3,11,12). The van der Waals surface area contributed by atoms with E-state index < -0.39 is 0 Å². The molecule has 0 spiro atoms. The van der Waals surface area contributed by atoms with Crippen LogP contribution in [0.3, 0.4) is 0 Å². The number of hydrogen-bond donors (Lipinski definition) is 3. The molecular formula is C10H11N3. The summed E-state index contributed by atoms with van der Waals surface area (Å²) < 4.78 is 0.